The summed E-state index contributed by atoms with van der Waals surface area (Å²) >= 11 is 0. The number of methoxy groups -OCH3 is 1. The summed E-state index contributed by atoms with van der Waals surface area (Å²) < 4.78 is 18.2. The van der Waals surface area contributed by atoms with Gasteiger partial charge in [-0.15, -0.1) is 0 Å². The maximum atomic E-state index is 12.6. The molecule has 0 aliphatic carbocycles. The molecule has 1 amide bonds. The molecule has 0 aromatic carbocycles. The number of aliphatic hydroxyl groups excluding tert-OH is 2. The third kappa shape index (κ3) is 11.9. The monoisotopic (exact) mass is 567 g/mol. The van der Waals surface area contributed by atoms with Gasteiger partial charge in [-0.3, -0.25) is 9.59 Å². The van der Waals surface area contributed by atoms with Gasteiger partial charge < -0.3 is 29.7 Å². The summed E-state index contributed by atoms with van der Waals surface area (Å²) in [6.07, 6.45) is 10.9. The number of ether oxygens (including phenoxy) is 3. The standard InChI is InChI=1S/C32H57NO7/c1-22(21-24(3)26(5)34)11-13-28-9-7-17-32(39-28)18-15-23(2)30(40-32)10-8-19-33-31(37)25(4)29(36)14-12-27(35)16-20-38-6/h21-23,25-26,28-30,34,36H,7-20H2,1-6H3,(H,33,37)/b24-21+/t22-,23?,25-,26-,28-,29-,30+,32-/m0/s1. The Hall–Kier alpha value is -1.32. The minimum absolute atomic E-state index is 0.0376. The van der Waals surface area contributed by atoms with Gasteiger partial charge in [0.15, 0.2) is 5.79 Å². The number of allylic oxidation sites excluding steroid dienone is 1. The molecule has 0 aromatic rings. The third-order valence-electron chi connectivity index (χ3n) is 8.86. The molecule has 2 rings (SSSR count). The smallest absolute Gasteiger partial charge is 0.225 e. The van der Waals surface area contributed by atoms with Crippen LogP contribution in [0.3, 0.4) is 0 Å². The highest BCUT2D eigenvalue weighted by Crippen LogP contribution is 2.43. The zero-order valence-electron chi connectivity index (χ0n) is 26.0. The molecule has 8 atom stereocenters. The van der Waals surface area contributed by atoms with E-state index in [0.717, 1.165) is 63.4 Å². The Labute approximate surface area is 242 Å². The number of nitrogens with one attached hydrogen (secondary N) is 1. The number of ketones is 1. The van der Waals surface area contributed by atoms with Crippen LogP contribution in [0.5, 0.6) is 0 Å². The third-order valence-corrected chi connectivity index (χ3v) is 8.86. The van der Waals surface area contributed by atoms with Crippen LogP contribution in [0.1, 0.15) is 112 Å². The Morgan fingerprint density at radius 3 is 2.52 bits per heavy atom. The lowest BCUT2D eigenvalue weighted by Crippen LogP contribution is -2.50. The second kappa shape index (κ2) is 17.6. The Bertz CT molecular complexity index is 800. The molecule has 2 fully saturated rings. The molecule has 0 aromatic heterocycles. The SMILES string of the molecule is COCCC(=O)CC[C@H](O)[C@H](C)C(=O)NCCC[C@H]1O[C@@]2(CCC[C@@H](CC[C@H](C)/C=C(\C)[C@H](C)O)O2)CCC1C. The van der Waals surface area contributed by atoms with Gasteiger partial charge in [-0.2, -0.15) is 0 Å². The van der Waals surface area contributed by atoms with Crippen molar-refractivity contribution < 1.29 is 34.0 Å². The van der Waals surface area contributed by atoms with Crippen LogP contribution in [-0.4, -0.2) is 72.4 Å². The largest absolute Gasteiger partial charge is 0.392 e. The minimum atomic E-state index is -0.842. The lowest BCUT2D eigenvalue weighted by molar-refractivity contribution is -0.324. The van der Waals surface area contributed by atoms with Crippen molar-refractivity contribution in [2.45, 2.75) is 142 Å². The van der Waals surface area contributed by atoms with Gasteiger partial charge in [-0.25, -0.2) is 0 Å². The van der Waals surface area contributed by atoms with Crippen LogP contribution in [0.2, 0.25) is 0 Å². The van der Waals surface area contributed by atoms with E-state index in [4.69, 9.17) is 14.2 Å². The van der Waals surface area contributed by atoms with E-state index in [-0.39, 0.29) is 36.7 Å². The molecule has 0 radical (unpaired) electrons. The summed E-state index contributed by atoms with van der Waals surface area (Å²) in [5.41, 5.74) is 1.02. The average Bonchev–Trinajstić information content (AvgIpc) is 2.93. The van der Waals surface area contributed by atoms with E-state index in [9.17, 15) is 19.8 Å². The van der Waals surface area contributed by atoms with E-state index in [1.807, 2.05) is 6.92 Å². The first-order chi connectivity index (χ1) is 19.0. The Morgan fingerprint density at radius 2 is 1.82 bits per heavy atom. The van der Waals surface area contributed by atoms with Crippen LogP contribution in [-0.2, 0) is 23.8 Å². The minimum Gasteiger partial charge on any atom is -0.392 e. The number of Topliss-reactive ketones (excluding diaryl/α,β-unsaturated/α-hetero) is 1. The average molecular weight is 568 g/mol. The maximum Gasteiger partial charge on any atom is 0.225 e. The molecule has 2 aliphatic rings. The summed E-state index contributed by atoms with van der Waals surface area (Å²) in [5, 5.41) is 23.1. The van der Waals surface area contributed by atoms with E-state index in [1.165, 1.54) is 0 Å². The van der Waals surface area contributed by atoms with Gasteiger partial charge in [0.25, 0.3) is 0 Å². The zero-order valence-corrected chi connectivity index (χ0v) is 26.0. The number of carbonyl (C=O) groups excluding carboxylic acids is 2. The Kier molecular flexibility index (Phi) is 15.3. The highest BCUT2D eigenvalue weighted by molar-refractivity contribution is 5.80. The number of hydrogen-bond donors (Lipinski definition) is 3. The lowest BCUT2D eigenvalue weighted by Gasteiger charge is -2.48. The predicted molar refractivity (Wildman–Crippen MR) is 157 cm³/mol. The van der Waals surface area contributed by atoms with Crippen molar-refractivity contribution >= 4 is 11.7 Å². The molecule has 1 unspecified atom stereocenters. The molecule has 40 heavy (non-hydrogen) atoms. The lowest BCUT2D eigenvalue weighted by atomic mass is 9.85. The summed E-state index contributed by atoms with van der Waals surface area (Å²) in [4.78, 5) is 24.4. The summed E-state index contributed by atoms with van der Waals surface area (Å²) in [5.74, 6) is -0.358. The van der Waals surface area contributed by atoms with Crippen molar-refractivity contribution in [3.05, 3.63) is 11.6 Å². The first kappa shape index (κ1) is 34.9. The van der Waals surface area contributed by atoms with Gasteiger partial charge in [-0.05, 0) is 82.6 Å². The van der Waals surface area contributed by atoms with E-state index in [2.05, 4.69) is 25.2 Å². The summed E-state index contributed by atoms with van der Waals surface area (Å²) in [6, 6.07) is 0. The summed E-state index contributed by atoms with van der Waals surface area (Å²) in [6.45, 7) is 10.8. The van der Waals surface area contributed by atoms with Crippen molar-refractivity contribution in [1.82, 2.24) is 5.32 Å². The molecule has 0 saturated carbocycles. The second-order valence-corrected chi connectivity index (χ2v) is 12.5. The Balaban J connectivity index is 1.75. The quantitative estimate of drug-likeness (QED) is 0.166. The van der Waals surface area contributed by atoms with Gasteiger partial charge >= 0.3 is 0 Å². The molecule has 3 N–H and O–H groups in total. The fourth-order valence-corrected chi connectivity index (χ4v) is 5.79. The molecule has 232 valence electrons. The van der Waals surface area contributed by atoms with Crippen LogP contribution in [0, 0.1) is 17.8 Å². The first-order valence-electron chi connectivity index (χ1n) is 15.6. The molecule has 8 nitrogen and oxygen atoms in total. The summed E-state index contributed by atoms with van der Waals surface area (Å²) in [7, 11) is 1.55. The highest BCUT2D eigenvalue weighted by Gasteiger charge is 2.44. The molecule has 2 aliphatic heterocycles. The Morgan fingerprint density at radius 1 is 1.07 bits per heavy atom. The van der Waals surface area contributed by atoms with Crippen LogP contribution in [0.25, 0.3) is 0 Å². The fourth-order valence-electron chi connectivity index (χ4n) is 5.79. The number of rotatable bonds is 17. The molecule has 2 saturated heterocycles. The van der Waals surface area contributed by atoms with E-state index < -0.39 is 23.9 Å². The zero-order chi connectivity index (χ0) is 29.7. The second-order valence-electron chi connectivity index (χ2n) is 12.5. The van der Waals surface area contributed by atoms with Gasteiger partial charge in [-0.1, -0.05) is 26.8 Å². The number of aliphatic hydroxyl groups is 2. The van der Waals surface area contributed by atoms with Gasteiger partial charge in [0, 0.05) is 39.3 Å². The maximum absolute atomic E-state index is 12.6. The normalized spacial score (nSPS) is 28.6. The topological polar surface area (TPSA) is 114 Å². The van der Waals surface area contributed by atoms with E-state index in [1.54, 1.807) is 21.0 Å². The van der Waals surface area contributed by atoms with Gasteiger partial charge in [0.05, 0.1) is 36.9 Å². The van der Waals surface area contributed by atoms with E-state index >= 15 is 0 Å². The van der Waals surface area contributed by atoms with Crippen molar-refractivity contribution in [2.24, 2.45) is 17.8 Å². The highest BCUT2D eigenvalue weighted by atomic mass is 16.7. The molecular formula is C32H57NO7. The van der Waals surface area contributed by atoms with E-state index in [0.29, 0.717) is 31.4 Å². The van der Waals surface area contributed by atoms with Crippen molar-refractivity contribution in [1.29, 1.82) is 0 Å². The van der Waals surface area contributed by atoms with Crippen molar-refractivity contribution in [3.63, 3.8) is 0 Å². The molecule has 8 heteroatoms. The van der Waals surface area contributed by atoms with Crippen molar-refractivity contribution in [3.8, 4) is 0 Å². The van der Waals surface area contributed by atoms with Crippen LogP contribution in [0.15, 0.2) is 11.6 Å². The first-order valence-corrected chi connectivity index (χ1v) is 15.6. The van der Waals surface area contributed by atoms with Crippen LogP contribution in [0.4, 0.5) is 0 Å². The number of carbonyl (C=O) groups is 2. The predicted octanol–water partition coefficient (Wildman–Crippen LogP) is 5.09. The van der Waals surface area contributed by atoms with Gasteiger partial charge in [0.1, 0.15) is 5.78 Å². The number of hydrogen-bond acceptors (Lipinski definition) is 7. The van der Waals surface area contributed by atoms with Crippen LogP contribution >= 0.6 is 0 Å². The molecular weight excluding hydrogens is 510 g/mol. The molecule has 0 bridgehead atoms. The van der Waals surface area contributed by atoms with Gasteiger partial charge in [0.2, 0.25) is 5.91 Å². The van der Waals surface area contributed by atoms with Crippen LogP contribution < -0.4 is 5.32 Å². The molecule has 2 heterocycles. The molecule has 1 spiro atoms. The fraction of sp³-hybridized carbons (Fsp3) is 0.875. The van der Waals surface area contributed by atoms with Crippen molar-refractivity contribution in [2.75, 3.05) is 20.3 Å². The number of amides is 1.